The second kappa shape index (κ2) is 6.28. The Kier molecular flexibility index (Phi) is 3.82. The number of benzene rings is 2. The summed E-state index contributed by atoms with van der Waals surface area (Å²) >= 11 is 0. The second-order valence-electron chi connectivity index (χ2n) is 5.62. The minimum atomic E-state index is 0.427. The van der Waals surface area contributed by atoms with Crippen LogP contribution in [0.25, 0.3) is 34.7 Å². The maximum Gasteiger partial charge on any atom is 0.251 e. The third-order valence-corrected chi connectivity index (χ3v) is 4.01. The van der Waals surface area contributed by atoms with E-state index in [4.69, 9.17) is 13.7 Å². The van der Waals surface area contributed by atoms with Crippen molar-refractivity contribution in [2.75, 3.05) is 7.11 Å². The van der Waals surface area contributed by atoms with Crippen LogP contribution in [0.4, 0.5) is 0 Å². The summed E-state index contributed by atoms with van der Waals surface area (Å²) in [7, 11) is 1.64. The quantitative estimate of drug-likeness (QED) is 0.528. The fraction of sp³-hybridized carbons (Fsp3) is 0.100. The molecule has 0 aliphatic rings. The average Bonchev–Trinajstić information content (AvgIpc) is 3.25. The predicted molar refractivity (Wildman–Crippen MR) is 96.2 cm³/mol. The molecule has 2 heterocycles. The molecule has 2 aromatic heterocycles. The number of fused-ring (bicyclic) bond motifs is 1. The molecule has 0 radical (unpaired) electrons. The van der Waals surface area contributed by atoms with E-state index >= 15 is 0 Å². The third-order valence-electron chi connectivity index (χ3n) is 4.01. The van der Waals surface area contributed by atoms with E-state index in [2.05, 4.69) is 10.1 Å². The van der Waals surface area contributed by atoms with E-state index in [1.165, 1.54) is 0 Å². The fourth-order valence-corrected chi connectivity index (χ4v) is 2.67. The van der Waals surface area contributed by atoms with Gasteiger partial charge in [-0.15, -0.1) is 0 Å². The molecule has 0 unspecified atom stereocenters. The first-order valence-corrected chi connectivity index (χ1v) is 7.89. The molecule has 2 aromatic carbocycles. The van der Waals surface area contributed by atoms with Gasteiger partial charge in [-0.3, -0.25) is 0 Å². The van der Waals surface area contributed by atoms with Crippen molar-refractivity contribution >= 4 is 23.1 Å². The van der Waals surface area contributed by atoms with E-state index < -0.39 is 0 Å². The molecule has 4 aromatic rings. The molecule has 5 heteroatoms. The van der Waals surface area contributed by atoms with Gasteiger partial charge in [-0.1, -0.05) is 35.5 Å². The molecule has 0 saturated heterocycles. The molecule has 0 aliphatic carbocycles. The van der Waals surface area contributed by atoms with Gasteiger partial charge in [0, 0.05) is 17.0 Å². The second-order valence-corrected chi connectivity index (χ2v) is 5.62. The molecule has 0 N–H and O–H groups in total. The van der Waals surface area contributed by atoms with Crippen LogP contribution in [0.15, 0.2) is 57.5 Å². The van der Waals surface area contributed by atoms with E-state index in [1.54, 1.807) is 13.2 Å². The van der Waals surface area contributed by atoms with E-state index in [-0.39, 0.29) is 0 Å². The molecule has 0 fully saturated rings. The summed E-state index contributed by atoms with van der Waals surface area (Å²) in [5.74, 6) is 2.24. The third kappa shape index (κ3) is 2.92. The number of methoxy groups -OCH3 is 1. The monoisotopic (exact) mass is 332 g/mol. The SMILES string of the molecule is COc1ccc2oc(-c3noc(/C=C/c4ccccc4)n3)c(C)c2c1. The van der Waals surface area contributed by atoms with Crippen molar-refractivity contribution in [2.24, 2.45) is 0 Å². The first kappa shape index (κ1) is 15.2. The van der Waals surface area contributed by atoms with Gasteiger partial charge in [0.15, 0.2) is 5.76 Å². The molecular formula is C20H16N2O3. The van der Waals surface area contributed by atoms with Gasteiger partial charge < -0.3 is 13.7 Å². The normalized spacial score (nSPS) is 11.4. The van der Waals surface area contributed by atoms with Gasteiger partial charge >= 0.3 is 0 Å². The summed E-state index contributed by atoms with van der Waals surface area (Å²) < 4.78 is 16.5. The highest BCUT2D eigenvalue weighted by atomic mass is 16.5. The van der Waals surface area contributed by atoms with Gasteiger partial charge in [0.05, 0.1) is 7.11 Å². The van der Waals surface area contributed by atoms with Gasteiger partial charge in [-0.05, 0) is 36.8 Å². The topological polar surface area (TPSA) is 61.3 Å². The van der Waals surface area contributed by atoms with Gasteiger partial charge in [0.25, 0.3) is 5.89 Å². The van der Waals surface area contributed by atoms with E-state index in [0.717, 1.165) is 27.8 Å². The number of hydrogen-bond acceptors (Lipinski definition) is 5. The van der Waals surface area contributed by atoms with Crippen LogP contribution in [-0.2, 0) is 0 Å². The van der Waals surface area contributed by atoms with E-state index in [9.17, 15) is 0 Å². The number of rotatable bonds is 4. The van der Waals surface area contributed by atoms with Gasteiger partial charge in [0.1, 0.15) is 11.3 Å². The molecule has 0 bridgehead atoms. The Morgan fingerprint density at radius 2 is 1.88 bits per heavy atom. The minimum Gasteiger partial charge on any atom is -0.497 e. The number of hydrogen-bond donors (Lipinski definition) is 0. The van der Waals surface area contributed by atoms with Crippen LogP contribution in [0, 0.1) is 6.92 Å². The van der Waals surface area contributed by atoms with Gasteiger partial charge in [-0.25, -0.2) is 0 Å². The Labute approximate surface area is 144 Å². The number of nitrogens with zero attached hydrogens (tertiary/aromatic N) is 2. The summed E-state index contributed by atoms with van der Waals surface area (Å²) in [6.07, 6.45) is 3.71. The first-order valence-electron chi connectivity index (χ1n) is 7.89. The number of aryl methyl sites for hydroxylation is 1. The lowest BCUT2D eigenvalue weighted by atomic mass is 10.1. The van der Waals surface area contributed by atoms with Crippen LogP contribution >= 0.6 is 0 Å². The van der Waals surface area contributed by atoms with Gasteiger partial charge in [-0.2, -0.15) is 4.98 Å². The zero-order chi connectivity index (χ0) is 17.2. The number of ether oxygens (including phenoxy) is 1. The molecule has 0 spiro atoms. The minimum absolute atomic E-state index is 0.427. The predicted octanol–water partition coefficient (Wildman–Crippen LogP) is 4.97. The highest BCUT2D eigenvalue weighted by Crippen LogP contribution is 2.33. The summed E-state index contributed by atoms with van der Waals surface area (Å²) in [6.45, 7) is 1.97. The molecule has 0 aliphatic heterocycles. The van der Waals surface area contributed by atoms with Crippen molar-refractivity contribution in [3.63, 3.8) is 0 Å². The molecule has 25 heavy (non-hydrogen) atoms. The maximum atomic E-state index is 5.90. The zero-order valence-corrected chi connectivity index (χ0v) is 13.9. The Balaban J connectivity index is 1.67. The van der Waals surface area contributed by atoms with Crippen molar-refractivity contribution in [1.82, 2.24) is 10.1 Å². The van der Waals surface area contributed by atoms with Gasteiger partial charge in [0.2, 0.25) is 5.82 Å². The van der Waals surface area contributed by atoms with Crippen LogP contribution in [0.1, 0.15) is 17.0 Å². The summed E-state index contributed by atoms with van der Waals surface area (Å²) in [5, 5.41) is 5.01. The molecule has 0 saturated carbocycles. The van der Waals surface area contributed by atoms with Crippen LogP contribution in [0.2, 0.25) is 0 Å². The fourth-order valence-electron chi connectivity index (χ4n) is 2.67. The lowest BCUT2D eigenvalue weighted by Crippen LogP contribution is -1.82. The van der Waals surface area contributed by atoms with Crippen molar-refractivity contribution in [2.45, 2.75) is 6.92 Å². The summed E-state index contributed by atoms with van der Waals surface area (Å²) in [5.41, 5.74) is 2.78. The lowest BCUT2D eigenvalue weighted by molar-refractivity contribution is 0.409. The van der Waals surface area contributed by atoms with Crippen molar-refractivity contribution in [3.8, 4) is 17.3 Å². The molecular weight excluding hydrogens is 316 g/mol. The highest BCUT2D eigenvalue weighted by molar-refractivity contribution is 5.87. The smallest absolute Gasteiger partial charge is 0.251 e. The highest BCUT2D eigenvalue weighted by Gasteiger charge is 2.17. The molecule has 5 nitrogen and oxygen atoms in total. The lowest BCUT2D eigenvalue weighted by Gasteiger charge is -1.97. The maximum absolute atomic E-state index is 5.90. The van der Waals surface area contributed by atoms with E-state index in [0.29, 0.717) is 17.5 Å². The van der Waals surface area contributed by atoms with Crippen LogP contribution in [-0.4, -0.2) is 17.3 Å². The average molecular weight is 332 g/mol. The number of furan rings is 1. The molecule has 4 rings (SSSR count). The Morgan fingerprint density at radius 3 is 2.68 bits per heavy atom. The van der Waals surface area contributed by atoms with Crippen molar-refractivity contribution in [3.05, 3.63) is 65.5 Å². The first-order chi connectivity index (χ1) is 12.2. The largest absolute Gasteiger partial charge is 0.497 e. The van der Waals surface area contributed by atoms with Crippen LogP contribution in [0.3, 0.4) is 0 Å². The Morgan fingerprint density at radius 1 is 1.04 bits per heavy atom. The Hall–Kier alpha value is -3.34. The number of aromatic nitrogens is 2. The Bertz CT molecular complexity index is 1050. The van der Waals surface area contributed by atoms with Crippen molar-refractivity contribution in [1.29, 1.82) is 0 Å². The molecule has 0 amide bonds. The van der Waals surface area contributed by atoms with Crippen LogP contribution in [0.5, 0.6) is 5.75 Å². The van der Waals surface area contributed by atoms with E-state index in [1.807, 2.05) is 61.5 Å². The van der Waals surface area contributed by atoms with Crippen molar-refractivity contribution < 1.29 is 13.7 Å². The summed E-state index contributed by atoms with van der Waals surface area (Å²) in [4.78, 5) is 4.40. The standard InChI is InChI=1S/C20H16N2O3/c1-13-16-12-15(23-2)9-10-17(16)24-19(13)20-21-18(25-22-20)11-8-14-6-4-3-5-7-14/h3-12H,1-2H3/b11-8+. The molecule has 124 valence electrons. The molecule has 0 atom stereocenters. The zero-order valence-electron chi connectivity index (χ0n) is 13.9. The van der Waals surface area contributed by atoms with Crippen LogP contribution < -0.4 is 4.74 Å². The summed E-state index contributed by atoms with van der Waals surface area (Å²) in [6, 6.07) is 15.6.